The first-order valence-electron chi connectivity index (χ1n) is 9.49. The van der Waals surface area contributed by atoms with E-state index >= 15 is 0 Å². The molecular weight excluding hydrogens is 324 g/mol. The molecule has 2 N–H and O–H groups in total. The lowest BCUT2D eigenvalue weighted by Gasteiger charge is -2.27. The summed E-state index contributed by atoms with van der Waals surface area (Å²) in [5.74, 6) is 1.76. The molecule has 0 aliphatic heterocycles. The average Bonchev–Trinajstić information content (AvgIpc) is 3.13. The highest BCUT2D eigenvalue weighted by Gasteiger charge is 2.18. The Labute approximate surface area is 154 Å². The van der Waals surface area contributed by atoms with Gasteiger partial charge in [-0.3, -0.25) is 0 Å². The van der Waals surface area contributed by atoms with Gasteiger partial charge in [0.25, 0.3) is 0 Å². The van der Waals surface area contributed by atoms with Crippen LogP contribution in [0.15, 0.2) is 36.7 Å². The number of aliphatic hydroxyl groups is 1. The van der Waals surface area contributed by atoms with Gasteiger partial charge in [0.1, 0.15) is 17.8 Å². The largest absolute Gasteiger partial charge is 0.392 e. The summed E-state index contributed by atoms with van der Waals surface area (Å²) >= 11 is 0. The molecule has 1 aliphatic rings. The molecule has 1 aliphatic carbocycles. The molecule has 1 fully saturated rings. The standard InChI is InChI=1S/C21H26N4O/c1-25(12-15-5-3-2-4-6-15)21-18-11-19(24-20(18)22-14-23-21)17-9-7-16(13-26)8-10-17/h7-11,14-15,26H,2-6,12-13H2,1H3,(H,22,23,24). The summed E-state index contributed by atoms with van der Waals surface area (Å²) < 4.78 is 0. The van der Waals surface area contributed by atoms with E-state index in [0.29, 0.717) is 0 Å². The molecule has 0 amide bonds. The van der Waals surface area contributed by atoms with Gasteiger partial charge in [-0.05, 0) is 36.0 Å². The van der Waals surface area contributed by atoms with E-state index in [9.17, 15) is 5.11 Å². The third kappa shape index (κ3) is 3.44. The summed E-state index contributed by atoms with van der Waals surface area (Å²) in [4.78, 5) is 14.7. The van der Waals surface area contributed by atoms with Gasteiger partial charge >= 0.3 is 0 Å². The number of anilines is 1. The first kappa shape index (κ1) is 17.0. The van der Waals surface area contributed by atoms with E-state index in [4.69, 9.17) is 0 Å². The van der Waals surface area contributed by atoms with Crippen molar-refractivity contribution in [1.82, 2.24) is 15.0 Å². The number of rotatable bonds is 5. The van der Waals surface area contributed by atoms with E-state index in [-0.39, 0.29) is 6.61 Å². The Balaban J connectivity index is 1.62. The molecular formula is C21H26N4O. The fourth-order valence-electron chi connectivity index (χ4n) is 4.02. The van der Waals surface area contributed by atoms with Crippen molar-refractivity contribution < 1.29 is 5.11 Å². The normalized spacial score (nSPS) is 15.5. The van der Waals surface area contributed by atoms with Crippen molar-refractivity contribution in [3.63, 3.8) is 0 Å². The fourth-order valence-corrected chi connectivity index (χ4v) is 4.02. The van der Waals surface area contributed by atoms with E-state index in [1.54, 1.807) is 6.33 Å². The first-order chi connectivity index (χ1) is 12.7. The second kappa shape index (κ2) is 7.46. The van der Waals surface area contributed by atoms with Gasteiger partial charge in [0, 0.05) is 19.3 Å². The van der Waals surface area contributed by atoms with Crippen molar-refractivity contribution in [1.29, 1.82) is 0 Å². The second-order valence-corrected chi connectivity index (χ2v) is 7.38. The van der Waals surface area contributed by atoms with Crippen molar-refractivity contribution in [3.8, 4) is 11.3 Å². The predicted octanol–water partition coefficient (Wildman–Crippen LogP) is 4.13. The molecule has 5 nitrogen and oxygen atoms in total. The van der Waals surface area contributed by atoms with Crippen LogP contribution in [0, 0.1) is 5.92 Å². The highest BCUT2D eigenvalue weighted by molar-refractivity contribution is 5.91. The van der Waals surface area contributed by atoms with Crippen LogP contribution in [0.2, 0.25) is 0 Å². The molecule has 0 radical (unpaired) electrons. The van der Waals surface area contributed by atoms with Crippen LogP contribution in [0.25, 0.3) is 22.3 Å². The first-order valence-corrected chi connectivity index (χ1v) is 9.49. The Morgan fingerprint density at radius 3 is 2.62 bits per heavy atom. The minimum atomic E-state index is 0.0641. The van der Waals surface area contributed by atoms with Crippen LogP contribution in [0.5, 0.6) is 0 Å². The molecule has 1 saturated carbocycles. The SMILES string of the molecule is CN(CC1CCCCC1)c1ncnc2[nH]c(-c3ccc(CO)cc3)cc12. The van der Waals surface area contributed by atoms with Crippen LogP contribution in [-0.4, -0.2) is 33.7 Å². The van der Waals surface area contributed by atoms with Crippen LogP contribution in [0.4, 0.5) is 5.82 Å². The summed E-state index contributed by atoms with van der Waals surface area (Å²) in [5.41, 5.74) is 3.89. The average molecular weight is 350 g/mol. The Hall–Kier alpha value is -2.40. The lowest BCUT2D eigenvalue weighted by molar-refractivity contribution is 0.282. The van der Waals surface area contributed by atoms with Crippen LogP contribution in [0.3, 0.4) is 0 Å². The smallest absolute Gasteiger partial charge is 0.143 e. The van der Waals surface area contributed by atoms with Gasteiger partial charge in [0.15, 0.2) is 0 Å². The second-order valence-electron chi connectivity index (χ2n) is 7.38. The molecule has 136 valence electrons. The molecule has 3 aromatic rings. The minimum absolute atomic E-state index is 0.0641. The number of nitrogens with zero attached hydrogens (tertiary/aromatic N) is 3. The summed E-state index contributed by atoms with van der Waals surface area (Å²) in [6, 6.07) is 10.1. The van der Waals surface area contributed by atoms with E-state index in [1.807, 2.05) is 24.3 Å². The molecule has 1 aromatic carbocycles. The quantitative estimate of drug-likeness (QED) is 0.726. The summed E-state index contributed by atoms with van der Waals surface area (Å²) in [7, 11) is 2.14. The maximum atomic E-state index is 9.21. The molecule has 5 heteroatoms. The van der Waals surface area contributed by atoms with Crippen molar-refractivity contribution >= 4 is 16.9 Å². The Kier molecular flexibility index (Phi) is 4.89. The number of aliphatic hydroxyl groups excluding tert-OH is 1. The number of H-pyrrole nitrogens is 1. The monoisotopic (exact) mass is 350 g/mol. The van der Waals surface area contributed by atoms with Gasteiger partial charge in [-0.2, -0.15) is 0 Å². The predicted molar refractivity (Wildman–Crippen MR) is 105 cm³/mol. The Morgan fingerprint density at radius 1 is 1.12 bits per heavy atom. The third-order valence-electron chi connectivity index (χ3n) is 5.47. The minimum Gasteiger partial charge on any atom is -0.392 e. The molecule has 2 aromatic heterocycles. The molecule has 0 atom stereocenters. The highest BCUT2D eigenvalue weighted by Crippen LogP contribution is 2.30. The number of hydrogen-bond acceptors (Lipinski definition) is 4. The maximum absolute atomic E-state index is 9.21. The third-order valence-corrected chi connectivity index (χ3v) is 5.47. The summed E-state index contributed by atoms with van der Waals surface area (Å²) in [6.45, 7) is 1.12. The molecule has 26 heavy (non-hydrogen) atoms. The van der Waals surface area contributed by atoms with Crippen LogP contribution in [0.1, 0.15) is 37.7 Å². The lowest BCUT2D eigenvalue weighted by Crippen LogP contribution is -2.27. The van der Waals surface area contributed by atoms with Crippen molar-refractivity contribution in [2.24, 2.45) is 5.92 Å². The molecule has 0 saturated heterocycles. The van der Waals surface area contributed by atoms with E-state index in [1.165, 1.54) is 32.1 Å². The number of benzene rings is 1. The van der Waals surface area contributed by atoms with Crippen molar-refractivity contribution in [2.75, 3.05) is 18.5 Å². The fraction of sp³-hybridized carbons (Fsp3) is 0.429. The number of aromatic amines is 1. The molecule has 0 unspecified atom stereocenters. The van der Waals surface area contributed by atoms with Gasteiger partial charge in [0.2, 0.25) is 0 Å². The van der Waals surface area contributed by atoms with Crippen LogP contribution in [-0.2, 0) is 6.61 Å². The molecule has 4 rings (SSSR count). The molecule has 0 spiro atoms. The Bertz CT molecular complexity index is 865. The van der Waals surface area contributed by atoms with Crippen molar-refractivity contribution in [2.45, 2.75) is 38.7 Å². The van der Waals surface area contributed by atoms with Gasteiger partial charge in [-0.15, -0.1) is 0 Å². The summed E-state index contributed by atoms with van der Waals surface area (Å²) in [6.07, 6.45) is 8.40. The zero-order valence-corrected chi connectivity index (χ0v) is 15.3. The molecule has 0 bridgehead atoms. The number of hydrogen-bond donors (Lipinski definition) is 2. The van der Waals surface area contributed by atoms with Crippen LogP contribution < -0.4 is 4.90 Å². The van der Waals surface area contributed by atoms with E-state index < -0.39 is 0 Å². The molecule has 2 heterocycles. The number of nitrogens with one attached hydrogen (secondary N) is 1. The van der Waals surface area contributed by atoms with Gasteiger partial charge in [0.05, 0.1) is 12.0 Å². The van der Waals surface area contributed by atoms with E-state index in [2.05, 4.69) is 33.0 Å². The van der Waals surface area contributed by atoms with Crippen LogP contribution >= 0.6 is 0 Å². The van der Waals surface area contributed by atoms with E-state index in [0.717, 1.165) is 46.1 Å². The maximum Gasteiger partial charge on any atom is 0.143 e. The highest BCUT2D eigenvalue weighted by atomic mass is 16.3. The number of fused-ring (bicyclic) bond motifs is 1. The lowest BCUT2D eigenvalue weighted by atomic mass is 9.89. The zero-order valence-electron chi connectivity index (χ0n) is 15.3. The Morgan fingerprint density at radius 2 is 1.88 bits per heavy atom. The van der Waals surface area contributed by atoms with Gasteiger partial charge in [-0.25, -0.2) is 9.97 Å². The van der Waals surface area contributed by atoms with Gasteiger partial charge < -0.3 is 15.0 Å². The van der Waals surface area contributed by atoms with Crippen molar-refractivity contribution in [3.05, 3.63) is 42.2 Å². The topological polar surface area (TPSA) is 65.0 Å². The zero-order chi connectivity index (χ0) is 17.9. The summed E-state index contributed by atoms with van der Waals surface area (Å²) in [5, 5.41) is 10.3. The number of aromatic nitrogens is 3. The van der Waals surface area contributed by atoms with Gasteiger partial charge in [-0.1, -0.05) is 43.5 Å².